The summed E-state index contributed by atoms with van der Waals surface area (Å²) in [5, 5.41) is 0. The number of rotatable bonds is 0. The van der Waals surface area contributed by atoms with Crippen LogP contribution in [0.1, 0.15) is 6.42 Å². The van der Waals surface area contributed by atoms with Crippen LogP contribution in [0.2, 0.25) is 0 Å². The van der Waals surface area contributed by atoms with Crippen molar-refractivity contribution in [1.82, 2.24) is 0 Å². The van der Waals surface area contributed by atoms with Crippen molar-refractivity contribution in [3.8, 4) is 0 Å². The molecule has 0 aromatic heterocycles. The lowest BCUT2D eigenvalue weighted by Gasteiger charge is -2.20. The SMILES string of the molecule is NC1=CC(N)=C2CC=C(F)C=C2O1. The van der Waals surface area contributed by atoms with Crippen LogP contribution in [0.5, 0.6) is 0 Å². The molecule has 4 N–H and O–H groups in total. The van der Waals surface area contributed by atoms with Gasteiger partial charge in [-0.1, -0.05) is 0 Å². The highest BCUT2D eigenvalue weighted by atomic mass is 19.1. The first kappa shape index (κ1) is 7.91. The number of fused-ring (bicyclic) bond motifs is 1. The molecule has 0 atom stereocenters. The molecule has 3 nitrogen and oxygen atoms in total. The third-order valence-electron chi connectivity index (χ3n) is 1.94. The van der Waals surface area contributed by atoms with Gasteiger partial charge in [-0.25, -0.2) is 4.39 Å². The van der Waals surface area contributed by atoms with Crippen LogP contribution in [0, 0.1) is 0 Å². The summed E-state index contributed by atoms with van der Waals surface area (Å²) >= 11 is 0. The largest absolute Gasteiger partial charge is 0.441 e. The Balaban J connectivity index is 2.45. The predicted octanol–water partition coefficient (Wildman–Crippen LogP) is 1.17. The molecule has 4 heteroatoms. The molecule has 1 aliphatic heterocycles. The van der Waals surface area contributed by atoms with Gasteiger partial charge in [0.05, 0.1) is 0 Å². The normalized spacial score (nSPS) is 21.2. The zero-order valence-electron chi connectivity index (χ0n) is 6.88. The monoisotopic (exact) mass is 180 g/mol. The van der Waals surface area contributed by atoms with Crippen LogP contribution >= 0.6 is 0 Å². The summed E-state index contributed by atoms with van der Waals surface area (Å²) in [6.45, 7) is 0. The minimum absolute atomic E-state index is 0.196. The van der Waals surface area contributed by atoms with E-state index in [2.05, 4.69) is 0 Å². The molecule has 0 unspecified atom stereocenters. The fourth-order valence-electron chi connectivity index (χ4n) is 1.32. The lowest BCUT2D eigenvalue weighted by Crippen LogP contribution is -2.16. The van der Waals surface area contributed by atoms with Crippen molar-refractivity contribution in [3.05, 3.63) is 47.0 Å². The second-order valence-corrected chi connectivity index (χ2v) is 2.88. The number of ether oxygens (including phenoxy) is 1. The Morgan fingerprint density at radius 3 is 2.85 bits per heavy atom. The van der Waals surface area contributed by atoms with Gasteiger partial charge >= 0.3 is 0 Å². The highest BCUT2D eigenvalue weighted by Gasteiger charge is 2.19. The molecule has 68 valence electrons. The zero-order valence-corrected chi connectivity index (χ0v) is 6.88. The Labute approximate surface area is 74.8 Å². The Morgan fingerprint density at radius 1 is 1.31 bits per heavy atom. The van der Waals surface area contributed by atoms with Gasteiger partial charge in [0.2, 0.25) is 0 Å². The van der Waals surface area contributed by atoms with Gasteiger partial charge in [-0.3, -0.25) is 0 Å². The van der Waals surface area contributed by atoms with Crippen LogP contribution in [-0.4, -0.2) is 0 Å². The second kappa shape index (κ2) is 2.65. The third kappa shape index (κ3) is 1.30. The lowest BCUT2D eigenvalue weighted by atomic mass is 10.0. The summed E-state index contributed by atoms with van der Waals surface area (Å²) in [7, 11) is 0. The standard InChI is InChI=1S/C9H9FN2O/c10-5-1-2-6-7(11)4-9(12)13-8(6)3-5/h1,3-4H,2,11-12H2. The summed E-state index contributed by atoms with van der Waals surface area (Å²) in [5.41, 5.74) is 12.4. The predicted molar refractivity (Wildman–Crippen MR) is 46.5 cm³/mol. The summed E-state index contributed by atoms with van der Waals surface area (Å²) in [4.78, 5) is 0. The Kier molecular flexibility index (Phi) is 1.62. The van der Waals surface area contributed by atoms with E-state index in [-0.39, 0.29) is 11.7 Å². The van der Waals surface area contributed by atoms with Gasteiger partial charge in [-0.05, 0) is 12.5 Å². The minimum Gasteiger partial charge on any atom is -0.441 e. The average Bonchev–Trinajstić information content (AvgIpc) is 2.02. The Bertz CT molecular complexity index is 377. The van der Waals surface area contributed by atoms with Gasteiger partial charge in [-0.2, -0.15) is 0 Å². The molecule has 0 saturated heterocycles. The highest BCUT2D eigenvalue weighted by Crippen LogP contribution is 2.30. The van der Waals surface area contributed by atoms with E-state index in [1.165, 1.54) is 18.2 Å². The Hall–Kier alpha value is -1.71. The van der Waals surface area contributed by atoms with Crippen LogP contribution in [0.15, 0.2) is 47.0 Å². The Morgan fingerprint density at radius 2 is 2.08 bits per heavy atom. The van der Waals surface area contributed by atoms with Crippen LogP contribution in [0.3, 0.4) is 0 Å². The van der Waals surface area contributed by atoms with E-state index >= 15 is 0 Å². The molecule has 0 aromatic rings. The molecule has 1 aliphatic carbocycles. The molecule has 0 bridgehead atoms. The molecule has 0 aromatic carbocycles. The molecule has 13 heavy (non-hydrogen) atoms. The van der Waals surface area contributed by atoms with Crippen LogP contribution in [0.4, 0.5) is 4.39 Å². The molecule has 2 rings (SSSR count). The smallest absolute Gasteiger partial charge is 0.192 e. The van der Waals surface area contributed by atoms with Crippen molar-refractivity contribution in [2.24, 2.45) is 11.5 Å². The number of nitrogens with two attached hydrogens (primary N) is 2. The van der Waals surface area contributed by atoms with Crippen molar-refractivity contribution in [2.75, 3.05) is 0 Å². The molecule has 0 saturated carbocycles. The number of halogens is 1. The van der Waals surface area contributed by atoms with E-state index in [4.69, 9.17) is 16.2 Å². The number of allylic oxidation sites excluding steroid dienone is 5. The van der Waals surface area contributed by atoms with Crippen molar-refractivity contribution in [2.45, 2.75) is 6.42 Å². The summed E-state index contributed by atoms with van der Waals surface area (Å²) in [6.07, 6.45) is 4.72. The van der Waals surface area contributed by atoms with E-state index in [0.717, 1.165) is 5.57 Å². The van der Waals surface area contributed by atoms with E-state index in [0.29, 0.717) is 17.9 Å². The van der Waals surface area contributed by atoms with E-state index < -0.39 is 0 Å². The molecule has 0 amide bonds. The molecule has 0 fully saturated rings. The molecular formula is C9H9FN2O. The average molecular weight is 180 g/mol. The highest BCUT2D eigenvalue weighted by molar-refractivity contribution is 5.46. The topological polar surface area (TPSA) is 61.3 Å². The minimum atomic E-state index is -0.318. The number of hydrogen-bond acceptors (Lipinski definition) is 3. The maximum absolute atomic E-state index is 12.8. The third-order valence-corrected chi connectivity index (χ3v) is 1.94. The summed E-state index contributed by atoms with van der Waals surface area (Å²) < 4.78 is 17.9. The van der Waals surface area contributed by atoms with Gasteiger partial charge in [-0.15, -0.1) is 0 Å². The fourth-order valence-corrected chi connectivity index (χ4v) is 1.32. The molecule has 0 spiro atoms. The molecular weight excluding hydrogens is 171 g/mol. The van der Waals surface area contributed by atoms with Gasteiger partial charge in [0.15, 0.2) is 5.88 Å². The molecule has 0 radical (unpaired) electrons. The van der Waals surface area contributed by atoms with E-state index in [9.17, 15) is 4.39 Å². The lowest BCUT2D eigenvalue weighted by molar-refractivity contribution is 0.299. The maximum atomic E-state index is 12.8. The van der Waals surface area contributed by atoms with Crippen molar-refractivity contribution in [1.29, 1.82) is 0 Å². The van der Waals surface area contributed by atoms with Crippen molar-refractivity contribution >= 4 is 0 Å². The van der Waals surface area contributed by atoms with Crippen molar-refractivity contribution in [3.63, 3.8) is 0 Å². The van der Waals surface area contributed by atoms with Gasteiger partial charge in [0.1, 0.15) is 11.6 Å². The first-order chi connectivity index (χ1) is 6.16. The maximum Gasteiger partial charge on any atom is 0.192 e. The van der Waals surface area contributed by atoms with Crippen LogP contribution in [-0.2, 0) is 4.74 Å². The van der Waals surface area contributed by atoms with Crippen molar-refractivity contribution < 1.29 is 9.13 Å². The quantitative estimate of drug-likeness (QED) is 0.588. The summed E-state index contributed by atoms with van der Waals surface area (Å²) in [5.74, 6) is 0.293. The number of hydrogen-bond donors (Lipinski definition) is 2. The fraction of sp³-hybridized carbons (Fsp3) is 0.111. The summed E-state index contributed by atoms with van der Waals surface area (Å²) in [6, 6.07) is 0. The van der Waals surface area contributed by atoms with Crippen LogP contribution in [0.25, 0.3) is 0 Å². The van der Waals surface area contributed by atoms with Gasteiger partial charge in [0.25, 0.3) is 0 Å². The van der Waals surface area contributed by atoms with E-state index in [1.54, 1.807) is 0 Å². The molecule has 1 heterocycles. The second-order valence-electron chi connectivity index (χ2n) is 2.88. The van der Waals surface area contributed by atoms with E-state index in [1.807, 2.05) is 0 Å². The molecule has 2 aliphatic rings. The van der Waals surface area contributed by atoms with Gasteiger partial charge in [0, 0.05) is 23.4 Å². The van der Waals surface area contributed by atoms with Crippen LogP contribution < -0.4 is 11.5 Å². The first-order valence-corrected chi connectivity index (χ1v) is 3.88. The first-order valence-electron chi connectivity index (χ1n) is 3.88. The van der Waals surface area contributed by atoms with Gasteiger partial charge < -0.3 is 16.2 Å². The zero-order chi connectivity index (χ0) is 9.42.